The quantitative estimate of drug-likeness (QED) is 0.201. The minimum Gasteiger partial charge on any atom is -0.480 e. The Labute approximate surface area is 195 Å². The van der Waals surface area contributed by atoms with Crippen LogP contribution < -0.4 is 27.4 Å². The lowest BCUT2D eigenvalue weighted by Crippen LogP contribution is -2.56. The second-order valence-electron chi connectivity index (χ2n) is 8.05. The smallest absolute Gasteiger partial charge is 0.326 e. The van der Waals surface area contributed by atoms with Crippen LogP contribution in [0.25, 0.3) is 10.9 Å². The molecule has 0 aliphatic carbocycles. The van der Waals surface area contributed by atoms with Crippen molar-refractivity contribution in [3.8, 4) is 0 Å². The van der Waals surface area contributed by atoms with Gasteiger partial charge in [0.2, 0.25) is 23.6 Å². The standard InChI is InChI=1S/C22H30N6O6/c1-11(23)19(30)28-17(9-13-10-25-15-6-4-3-5-14(13)15)21(32)26-12(2)20(31)27-16(22(33)34)7-8-18(24)29/h3-6,10-12,16-17,25H,7-9,23H2,1-2H3,(H2,24,29)(H,26,32)(H,27,31)(H,28,30)(H,33,34). The number of aromatic amines is 1. The Bertz CT molecular complexity index is 1070. The molecule has 0 spiro atoms. The highest BCUT2D eigenvalue weighted by atomic mass is 16.4. The van der Waals surface area contributed by atoms with Crippen LogP contribution >= 0.6 is 0 Å². The Morgan fingerprint density at radius 1 is 0.971 bits per heavy atom. The van der Waals surface area contributed by atoms with Crippen molar-refractivity contribution >= 4 is 40.5 Å². The third kappa shape index (κ3) is 7.30. The summed E-state index contributed by atoms with van der Waals surface area (Å²) in [6, 6.07) is 3.08. The summed E-state index contributed by atoms with van der Waals surface area (Å²) < 4.78 is 0. The van der Waals surface area contributed by atoms with Crippen molar-refractivity contribution in [3.63, 3.8) is 0 Å². The fourth-order valence-electron chi connectivity index (χ4n) is 3.25. The van der Waals surface area contributed by atoms with Gasteiger partial charge in [-0.3, -0.25) is 19.2 Å². The van der Waals surface area contributed by atoms with E-state index in [9.17, 15) is 29.1 Å². The molecule has 0 saturated heterocycles. The lowest BCUT2D eigenvalue weighted by molar-refractivity contribution is -0.142. The van der Waals surface area contributed by atoms with Gasteiger partial charge in [-0.25, -0.2) is 4.79 Å². The van der Waals surface area contributed by atoms with E-state index in [1.165, 1.54) is 13.8 Å². The van der Waals surface area contributed by atoms with Gasteiger partial charge in [0.25, 0.3) is 0 Å². The third-order valence-corrected chi connectivity index (χ3v) is 5.19. The first-order valence-electron chi connectivity index (χ1n) is 10.7. The van der Waals surface area contributed by atoms with Crippen LogP contribution in [-0.4, -0.2) is 63.9 Å². The van der Waals surface area contributed by atoms with Gasteiger partial charge in [0.05, 0.1) is 6.04 Å². The summed E-state index contributed by atoms with van der Waals surface area (Å²) in [4.78, 5) is 63.0. The number of carbonyl (C=O) groups excluding carboxylic acids is 4. The molecule has 4 amide bonds. The minimum atomic E-state index is -1.35. The predicted molar refractivity (Wildman–Crippen MR) is 123 cm³/mol. The number of hydrogen-bond acceptors (Lipinski definition) is 6. The molecule has 4 atom stereocenters. The Kier molecular flexibility index (Phi) is 9.13. The molecule has 1 aromatic heterocycles. The monoisotopic (exact) mass is 474 g/mol. The molecule has 9 N–H and O–H groups in total. The van der Waals surface area contributed by atoms with Crippen LogP contribution in [0.3, 0.4) is 0 Å². The summed E-state index contributed by atoms with van der Waals surface area (Å²) in [5.41, 5.74) is 12.3. The molecule has 0 aliphatic rings. The van der Waals surface area contributed by atoms with E-state index in [1.807, 2.05) is 24.3 Å². The van der Waals surface area contributed by atoms with Crippen molar-refractivity contribution in [3.05, 3.63) is 36.0 Å². The summed E-state index contributed by atoms with van der Waals surface area (Å²) in [5, 5.41) is 17.5. The topological polar surface area (TPSA) is 209 Å². The molecule has 0 aliphatic heterocycles. The van der Waals surface area contributed by atoms with Crippen LogP contribution in [0.2, 0.25) is 0 Å². The Balaban J connectivity index is 2.12. The number of para-hydroxylation sites is 1. The van der Waals surface area contributed by atoms with E-state index in [4.69, 9.17) is 11.5 Å². The van der Waals surface area contributed by atoms with Crippen molar-refractivity contribution in [2.45, 2.75) is 57.3 Å². The molecule has 34 heavy (non-hydrogen) atoms. The van der Waals surface area contributed by atoms with Crippen molar-refractivity contribution in [1.82, 2.24) is 20.9 Å². The van der Waals surface area contributed by atoms with Crippen LogP contribution in [0, 0.1) is 0 Å². The number of carbonyl (C=O) groups is 5. The van der Waals surface area contributed by atoms with E-state index in [2.05, 4.69) is 20.9 Å². The van der Waals surface area contributed by atoms with Crippen molar-refractivity contribution in [1.29, 1.82) is 0 Å². The molecule has 12 heteroatoms. The Morgan fingerprint density at radius 2 is 1.62 bits per heavy atom. The zero-order chi connectivity index (χ0) is 25.4. The van der Waals surface area contributed by atoms with Crippen molar-refractivity contribution in [2.24, 2.45) is 11.5 Å². The largest absolute Gasteiger partial charge is 0.480 e. The number of carboxylic acids is 1. The van der Waals surface area contributed by atoms with Gasteiger partial charge in [-0.05, 0) is 31.9 Å². The molecule has 0 radical (unpaired) electrons. The van der Waals surface area contributed by atoms with E-state index in [-0.39, 0.29) is 19.3 Å². The maximum Gasteiger partial charge on any atom is 0.326 e. The normalized spacial score (nSPS) is 14.4. The van der Waals surface area contributed by atoms with Crippen LogP contribution in [0.5, 0.6) is 0 Å². The fraction of sp³-hybridized carbons (Fsp3) is 0.409. The number of nitrogens with one attached hydrogen (secondary N) is 4. The molecular formula is C22H30N6O6. The molecule has 1 heterocycles. The average molecular weight is 475 g/mol. The van der Waals surface area contributed by atoms with E-state index in [0.717, 1.165) is 16.5 Å². The maximum absolute atomic E-state index is 13.0. The van der Waals surface area contributed by atoms with E-state index in [0.29, 0.717) is 0 Å². The van der Waals surface area contributed by atoms with Crippen molar-refractivity contribution < 1.29 is 29.1 Å². The number of amides is 4. The number of benzene rings is 1. The number of primary amides is 1. The zero-order valence-electron chi connectivity index (χ0n) is 19.0. The van der Waals surface area contributed by atoms with Crippen LogP contribution in [-0.2, 0) is 30.4 Å². The molecule has 1 aromatic carbocycles. The van der Waals surface area contributed by atoms with Gasteiger partial charge >= 0.3 is 5.97 Å². The molecule has 0 fully saturated rings. The van der Waals surface area contributed by atoms with Crippen LogP contribution in [0.1, 0.15) is 32.3 Å². The average Bonchev–Trinajstić information content (AvgIpc) is 3.18. The maximum atomic E-state index is 13.0. The van der Waals surface area contributed by atoms with Gasteiger partial charge < -0.3 is 37.5 Å². The Hall–Kier alpha value is -3.93. The van der Waals surface area contributed by atoms with Crippen molar-refractivity contribution in [2.75, 3.05) is 0 Å². The summed E-state index contributed by atoms with van der Waals surface area (Å²) in [6.45, 7) is 2.85. The summed E-state index contributed by atoms with van der Waals surface area (Å²) in [6.07, 6.45) is 1.44. The highest BCUT2D eigenvalue weighted by molar-refractivity contribution is 5.94. The van der Waals surface area contributed by atoms with Gasteiger partial charge in [-0.2, -0.15) is 0 Å². The van der Waals surface area contributed by atoms with Gasteiger partial charge in [0.1, 0.15) is 18.1 Å². The lowest BCUT2D eigenvalue weighted by Gasteiger charge is -2.23. The van der Waals surface area contributed by atoms with Gasteiger partial charge in [-0.1, -0.05) is 18.2 Å². The Morgan fingerprint density at radius 3 is 2.24 bits per heavy atom. The fourth-order valence-corrected chi connectivity index (χ4v) is 3.25. The minimum absolute atomic E-state index is 0.124. The highest BCUT2D eigenvalue weighted by Gasteiger charge is 2.28. The number of nitrogens with two attached hydrogens (primary N) is 2. The molecule has 12 nitrogen and oxygen atoms in total. The van der Waals surface area contributed by atoms with Crippen LogP contribution in [0.15, 0.2) is 30.5 Å². The SMILES string of the molecule is CC(N)C(=O)NC(Cc1c[nH]c2ccccc12)C(=O)NC(C)C(=O)NC(CCC(N)=O)C(=O)O. The predicted octanol–water partition coefficient (Wildman–Crippen LogP) is -1.12. The number of rotatable bonds is 12. The number of fused-ring (bicyclic) bond motifs is 1. The third-order valence-electron chi connectivity index (χ3n) is 5.19. The number of aromatic nitrogens is 1. The van der Waals surface area contributed by atoms with Crippen LogP contribution in [0.4, 0.5) is 0 Å². The van der Waals surface area contributed by atoms with E-state index < -0.39 is 53.8 Å². The number of aliphatic carboxylic acids is 1. The van der Waals surface area contributed by atoms with E-state index >= 15 is 0 Å². The first-order valence-corrected chi connectivity index (χ1v) is 10.7. The summed E-state index contributed by atoms with van der Waals surface area (Å²) in [5.74, 6) is -4.00. The number of H-pyrrole nitrogens is 1. The molecule has 4 unspecified atom stereocenters. The highest BCUT2D eigenvalue weighted by Crippen LogP contribution is 2.19. The molecule has 2 rings (SSSR count). The molecular weight excluding hydrogens is 444 g/mol. The molecule has 184 valence electrons. The zero-order valence-corrected chi connectivity index (χ0v) is 19.0. The lowest BCUT2D eigenvalue weighted by atomic mass is 10.0. The second-order valence-corrected chi connectivity index (χ2v) is 8.05. The molecule has 0 saturated carbocycles. The summed E-state index contributed by atoms with van der Waals surface area (Å²) >= 11 is 0. The number of carboxylic acid groups (broad SMARTS) is 1. The number of hydrogen-bond donors (Lipinski definition) is 7. The van der Waals surface area contributed by atoms with Gasteiger partial charge in [0, 0.05) is 29.9 Å². The van der Waals surface area contributed by atoms with E-state index in [1.54, 1.807) is 6.20 Å². The second kappa shape index (κ2) is 11.8. The molecule has 2 aromatic rings. The molecule has 0 bridgehead atoms. The van der Waals surface area contributed by atoms with Gasteiger partial charge in [0.15, 0.2) is 0 Å². The first-order chi connectivity index (χ1) is 16.0. The first kappa shape index (κ1) is 26.3. The van der Waals surface area contributed by atoms with Gasteiger partial charge in [-0.15, -0.1) is 0 Å². The summed E-state index contributed by atoms with van der Waals surface area (Å²) in [7, 11) is 0.